The van der Waals surface area contributed by atoms with Gasteiger partial charge in [0, 0.05) is 19.7 Å². The third-order valence-corrected chi connectivity index (χ3v) is 4.69. The Balaban J connectivity index is 1.95. The van der Waals surface area contributed by atoms with Crippen molar-refractivity contribution in [1.29, 1.82) is 0 Å². The van der Waals surface area contributed by atoms with Crippen molar-refractivity contribution in [3.8, 4) is 0 Å². The molecule has 3 aliphatic rings. The molecule has 0 aromatic carbocycles. The molecule has 6 heteroatoms. The molecule has 1 aliphatic carbocycles. The lowest BCUT2D eigenvalue weighted by molar-refractivity contribution is -0.139. The normalized spacial score (nSPS) is 33.9. The van der Waals surface area contributed by atoms with Gasteiger partial charge in [-0.1, -0.05) is 6.08 Å². The predicted molar refractivity (Wildman–Crippen MR) is 68.0 cm³/mol. The van der Waals surface area contributed by atoms with E-state index in [4.69, 9.17) is 0 Å². The van der Waals surface area contributed by atoms with E-state index in [1.54, 1.807) is 6.08 Å². The van der Waals surface area contributed by atoms with Gasteiger partial charge in [-0.2, -0.15) is 0 Å². The molecule has 2 heterocycles. The van der Waals surface area contributed by atoms with Gasteiger partial charge in [0.05, 0.1) is 17.8 Å². The Hall–Kier alpha value is -1.98. The Kier molecular flexibility index (Phi) is 2.77. The third kappa shape index (κ3) is 1.57. The molecule has 6 nitrogen and oxygen atoms in total. The molecular weight excluding hydrogens is 260 g/mol. The van der Waals surface area contributed by atoms with Crippen LogP contribution in [0.5, 0.6) is 0 Å². The highest BCUT2D eigenvalue weighted by atomic mass is 16.2. The summed E-state index contributed by atoms with van der Waals surface area (Å²) in [5, 5.41) is 0. The summed E-state index contributed by atoms with van der Waals surface area (Å²) >= 11 is 0. The van der Waals surface area contributed by atoms with Crippen LogP contribution >= 0.6 is 0 Å². The summed E-state index contributed by atoms with van der Waals surface area (Å²) < 4.78 is 0. The Morgan fingerprint density at radius 1 is 0.900 bits per heavy atom. The third-order valence-electron chi connectivity index (χ3n) is 4.69. The number of likely N-dealkylation sites (tertiary alicyclic amines) is 2. The Morgan fingerprint density at radius 2 is 1.55 bits per heavy atom. The van der Waals surface area contributed by atoms with Crippen LogP contribution in [0.3, 0.4) is 0 Å². The molecule has 3 rings (SSSR count). The Bertz CT molecular complexity index is 566. The van der Waals surface area contributed by atoms with E-state index in [0.29, 0.717) is 24.8 Å². The molecule has 0 spiro atoms. The maximum absolute atomic E-state index is 12.0. The predicted octanol–water partition coefficient (Wildman–Crippen LogP) is -0.0575. The molecular formula is C14H16N2O4. The van der Waals surface area contributed by atoms with Gasteiger partial charge in [0.1, 0.15) is 0 Å². The van der Waals surface area contributed by atoms with Crippen LogP contribution in [0.1, 0.15) is 19.3 Å². The zero-order valence-corrected chi connectivity index (χ0v) is 11.5. The quantitative estimate of drug-likeness (QED) is 0.581. The molecule has 3 unspecified atom stereocenters. The lowest BCUT2D eigenvalue weighted by Crippen LogP contribution is -2.27. The zero-order valence-electron chi connectivity index (χ0n) is 11.5. The van der Waals surface area contributed by atoms with Gasteiger partial charge in [-0.05, 0) is 19.3 Å². The standard InChI is InChI=1S/C14H16N2O4/c1-15-11(17)7-3-5-9-10(6-4-8(7)12(15)18)14(20)16(2)13(9)19/h3,8-10H,4-6H2,1-2H3. The largest absolute Gasteiger partial charge is 0.285 e. The Labute approximate surface area is 116 Å². The molecule has 3 atom stereocenters. The first-order chi connectivity index (χ1) is 9.43. The molecule has 4 amide bonds. The second-order valence-electron chi connectivity index (χ2n) is 5.68. The highest BCUT2D eigenvalue weighted by molar-refractivity contribution is 6.14. The van der Waals surface area contributed by atoms with Crippen LogP contribution in [0.15, 0.2) is 11.6 Å². The van der Waals surface area contributed by atoms with Crippen molar-refractivity contribution in [3.63, 3.8) is 0 Å². The molecule has 20 heavy (non-hydrogen) atoms. The van der Waals surface area contributed by atoms with Gasteiger partial charge in [0.15, 0.2) is 0 Å². The molecule has 0 radical (unpaired) electrons. The Morgan fingerprint density at radius 3 is 2.25 bits per heavy atom. The fourth-order valence-electron chi connectivity index (χ4n) is 3.46. The summed E-state index contributed by atoms with van der Waals surface area (Å²) in [5.74, 6) is -1.99. The second-order valence-corrected chi connectivity index (χ2v) is 5.68. The van der Waals surface area contributed by atoms with Gasteiger partial charge in [-0.25, -0.2) is 0 Å². The fraction of sp³-hybridized carbons (Fsp3) is 0.571. The second kappa shape index (κ2) is 4.26. The maximum atomic E-state index is 12.0. The number of nitrogens with zero attached hydrogens (tertiary/aromatic N) is 2. The van der Waals surface area contributed by atoms with Gasteiger partial charge < -0.3 is 0 Å². The number of hydrogen-bond acceptors (Lipinski definition) is 4. The number of imide groups is 2. The number of carbonyl (C=O) groups is 4. The molecule has 2 fully saturated rings. The summed E-state index contributed by atoms with van der Waals surface area (Å²) in [5.41, 5.74) is 0.491. The topological polar surface area (TPSA) is 74.8 Å². The number of hydrogen-bond donors (Lipinski definition) is 0. The minimum atomic E-state index is -0.442. The number of carbonyl (C=O) groups excluding carboxylic acids is 4. The van der Waals surface area contributed by atoms with E-state index in [-0.39, 0.29) is 35.5 Å². The summed E-state index contributed by atoms with van der Waals surface area (Å²) in [6.45, 7) is 0. The van der Waals surface area contributed by atoms with Crippen LogP contribution in [0, 0.1) is 17.8 Å². The minimum absolute atomic E-state index is 0.165. The van der Waals surface area contributed by atoms with Gasteiger partial charge in [0.2, 0.25) is 17.7 Å². The van der Waals surface area contributed by atoms with Gasteiger partial charge in [-0.15, -0.1) is 0 Å². The van der Waals surface area contributed by atoms with E-state index in [1.807, 2.05) is 0 Å². The van der Waals surface area contributed by atoms with Crippen molar-refractivity contribution in [2.75, 3.05) is 14.1 Å². The smallest absolute Gasteiger partial charge is 0.256 e. The SMILES string of the molecule is CN1C(=O)C2=CCC3C(=O)N(C)C(=O)C3CCC2C1=O. The zero-order chi connectivity index (χ0) is 14.6. The number of allylic oxidation sites excluding steroid dienone is 1. The summed E-state index contributed by atoms with van der Waals surface area (Å²) in [4.78, 5) is 50.4. The summed E-state index contributed by atoms with van der Waals surface area (Å²) in [7, 11) is 2.97. The summed E-state index contributed by atoms with van der Waals surface area (Å²) in [6, 6.07) is 0. The molecule has 0 bridgehead atoms. The van der Waals surface area contributed by atoms with Crippen LogP contribution in [0.4, 0.5) is 0 Å². The highest BCUT2D eigenvalue weighted by Gasteiger charge is 2.49. The fourth-order valence-corrected chi connectivity index (χ4v) is 3.46. The maximum Gasteiger partial charge on any atom is 0.256 e. The average Bonchev–Trinajstić information content (AvgIpc) is 2.72. The number of fused-ring (bicyclic) bond motifs is 2. The van der Waals surface area contributed by atoms with E-state index < -0.39 is 5.92 Å². The van der Waals surface area contributed by atoms with Gasteiger partial charge in [-0.3, -0.25) is 29.0 Å². The van der Waals surface area contributed by atoms with Crippen molar-refractivity contribution < 1.29 is 19.2 Å². The van der Waals surface area contributed by atoms with Crippen molar-refractivity contribution in [1.82, 2.24) is 9.80 Å². The van der Waals surface area contributed by atoms with Crippen molar-refractivity contribution in [3.05, 3.63) is 11.6 Å². The molecule has 0 N–H and O–H groups in total. The van der Waals surface area contributed by atoms with Crippen LogP contribution in [0.2, 0.25) is 0 Å². The van der Waals surface area contributed by atoms with Gasteiger partial charge in [0.25, 0.3) is 5.91 Å². The lowest BCUT2D eigenvalue weighted by atomic mass is 9.80. The molecule has 106 valence electrons. The first kappa shape index (κ1) is 13.0. The van der Waals surface area contributed by atoms with Crippen molar-refractivity contribution in [2.45, 2.75) is 19.3 Å². The van der Waals surface area contributed by atoms with E-state index in [0.717, 1.165) is 4.90 Å². The highest BCUT2D eigenvalue weighted by Crippen LogP contribution is 2.39. The number of amides is 4. The van der Waals surface area contributed by atoms with Crippen molar-refractivity contribution in [2.24, 2.45) is 17.8 Å². The monoisotopic (exact) mass is 276 g/mol. The van der Waals surface area contributed by atoms with Crippen LogP contribution in [0.25, 0.3) is 0 Å². The van der Waals surface area contributed by atoms with Crippen molar-refractivity contribution >= 4 is 23.6 Å². The molecule has 0 aromatic heterocycles. The molecule has 2 saturated heterocycles. The lowest BCUT2D eigenvalue weighted by Gasteiger charge is -2.19. The molecule has 0 aromatic rings. The molecule has 2 aliphatic heterocycles. The number of rotatable bonds is 0. The molecule has 0 saturated carbocycles. The van der Waals surface area contributed by atoms with Crippen LogP contribution in [-0.4, -0.2) is 47.5 Å². The van der Waals surface area contributed by atoms with Crippen LogP contribution in [-0.2, 0) is 19.2 Å². The number of likely N-dealkylation sites (N-methyl/N-ethyl adjacent to an activating group) is 1. The van der Waals surface area contributed by atoms with E-state index in [9.17, 15) is 19.2 Å². The first-order valence-corrected chi connectivity index (χ1v) is 6.77. The van der Waals surface area contributed by atoms with Gasteiger partial charge >= 0.3 is 0 Å². The van der Waals surface area contributed by atoms with E-state index >= 15 is 0 Å². The average molecular weight is 276 g/mol. The minimum Gasteiger partial charge on any atom is -0.285 e. The first-order valence-electron chi connectivity index (χ1n) is 6.77. The van der Waals surface area contributed by atoms with E-state index in [1.165, 1.54) is 19.0 Å². The van der Waals surface area contributed by atoms with Crippen LogP contribution < -0.4 is 0 Å². The van der Waals surface area contributed by atoms with E-state index in [2.05, 4.69) is 0 Å². The summed E-state index contributed by atoms with van der Waals surface area (Å²) in [6.07, 6.45) is 2.98.